The van der Waals surface area contributed by atoms with Gasteiger partial charge >= 0.3 is 0 Å². The lowest BCUT2D eigenvalue weighted by Crippen LogP contribution is -2.01. The van der Waals surface area contributed by atoms with Gasteiger partial charge in [0.2, 0.25) is 0 Å². The zero-order chi connectivity index (χ0) is 33.7. The summed E-state index contributed by atoms with van der Waals surface area (Å²) in [6.45, 7) is 0. The van der Waals surface area contributed by atoms with E-state index in [1.54, 1.807) is 0 Å². The Bertz CT molecular complexity index is 2840. The molecule has 8 aromatic carbocycles. The summed E-state index contributed by atoms with van der Waals surface area (Å²) in [6, 6.07) is 62.0. The van der Waals surface area contributed by atoms with Crippen LogP contribution in [0.1, 0.15) is 0 Å². The highest BCUT2D eigenvalue weighted by atomic mass is 32.1. The number of rotatable bonds is 5. The summed E-state index contributed by atoms with van der Waals surface area (Å²) >= 11 is 1.84. The number of hydrogen-bond acceptors (Lipinski definition) is 4. The van der Waals surface area contributed by atoms with Crippen LogP contribution in [0.3, 0.4) is 0 Å². The highest BCUT2D eigenvalue weighted by Gasteiger charge is 2.19. The molecule has 10 rings (SSSR count). The smallest absolute Gasteiger partial charge is 0.164 e. The minimum absolute atomic E-state index is 0.641. The Morgan fingerprint density at radius 2 is 0.882 bits per heavy atom. The summed E-state index contributed by atoms with van der Waals surface area (Å²) in [6.07, 6.45) is 0. The molecule has 0 saturated carbocycles. The monoisotopic (exact) mass is 667 g/mol. The van der Waals surface area contributed by atoms with Crippen LogP contribution in [-0.2, 0) is 0 Å². The van der Waals surface area contributed by atoms with Gasteiger partial charge in [-0.15, -0.1) is 11.3 Å². The second-order valence-electron chi connectivity index (χ2n) is 12.8. The van der Waals surface area contributed by atoms with Crippen molar-refractivity contribution >= 4 is 53.1 Å². The fourth-order valence-corrected chi connectivity index (χ4v) is 8.55. The molecule has 2 heterocycles. The molecule has 0 aliphatic heterocycles. The maximum Gasteiger partial charge on any atom is 0.164 e. The molecular formula is C47H29N3S. The van der Waals surface area contributed by atoms with Gasteiger partial charge in [-0.25, -0.2) is 15.0 Å². The van der Waals surface area contributed by atoms with Crippen LogP contribution in [0.15, 0.2) is 176 Å². The summed E-state index contributed by atoms with van der Waals surface area (Å²) in [5.74, 6) is 1.95. The van der Waals surface area contributed by atoms with Crippen molar-refractivity contribution in [3.05, 3.63) is 176 Å². The Balaban J connectivity index is 1.24. The molecule has 0 aliphatic carbocycles. The van der Waals surface area contributed by atoms with Crippen molar-refractivity contribution in [1.82, 2.24) is 15.0 Å². The molecule has 10 aromatic rings. The molecule has 0 aliphatic rings. The average molecular weight is 668 g/mol. The standard InChI is InChI=1S/C47H29N3S/c1-4-13-30(14-5-1)35-27-36(31-15-6-2-7-16-31)29-37(28-35)46-48-45(34-18-8-3-9-19-34)49-47(50-46)40-21-12-22-41-43(40)39-26-25-33-24-23-32-17-10-11-20-38(32)42(33)44(39)51-41/h1-29H. The molecule has 0 saturated heterocycles. The number of hydrogen-bond donors (Lipinski definition) is 0. The van der Waals surface area contributed by atoms with E-state index in [2.05, 4.69) is 158 Å². The summed E-state index contributed by atoms with van der Waals surface area (Å²) < 4.78 is 2.50. The van der Waals surface area contributed by atoms with Gasteiger partial charge in [0.25, 0.3) is 0 Å². The van der Waals surface area contributed by atoms with E-state index in [0.717, 1.165) is 38.9 Å². The highest BCUT2D eigenvalue weighted by molar-refractivity contribution is 7.27. The molecule has 0 bridgehead atoms. The van der Waals surface area contributed by atoms with Gasteiger partial charge in [0.05, 0.1) is 0 Å². The van der Waals surface area contributed by atoms with E-state index in [4.69, 9.17) is 15.0 Å². The fraction of sp³-hybridized carbons (Fsp3) is 0. The third-order valence-electron chi connectivity index (χ3n) is 9.68. The van der Waals surface area contributed by atoms with Crippen molar-refractivity contribution in [1.29, 1.82) is 0 Å². The highest BCUT2D eigenvalue weighted by Crippen LogP contribution is 2.44. The van der Waals surface area contributed by atoms with E-state index in [0.29, 0.717) is 17.5 Å². The Hall–Kier alpha value is -6.49. The van der Waals surface area contributed by atoms with Crippen LogP contribution < -0.4 is 0 Å². The van der Waals surface area contributed by atoms with Gasteiger partial charge < -0.3 is 0 Å². The van der Waals surface area contributed by atoms with Gasteiger partial charge in [-0.05, 0) is 62.7 Å². The number of aromatic nitrogens is 3. The lowest BCUT2D eigenvalue weighted by Gasteiger charge is -2.13. The third-order valence-corrected chi connectivity index (χ3v) is 10.9. The zero-order valence-corrected chi connectivity index (χ0v) is 28.3. The predicted octanol–water partition coefficient (Wildman–Crippen LogP) is 12.9. The molecule has 0 N–H and O–H groups in total. The molecule has 4 heteroatoms. The minimum Gasteiger partial charge on any atom is -0.208 e. The van der Waals surface area contributed by atoms with Crippen LogP contribution in [0.2, 0.25) is 0 Å². The van der Waals surface area contributed by atoms with Crippen LogP contribution in [0.5, 0.6) is 0 Å². The van der Waals surface area contributed by atoms with Gasteiger partial charge in [-0.1, -0.05) is 152 Å². The van der Waals surface area contributed by atoms with Crippen molar-refractivity contribution in [3.8, 4) is 56.4 Å². The van der Waals surface area contributed by atoms with E-state index in [1.165, 1.54) is 41.7 Å². The topological polar surface area (TPSA) is 38.7 Å². The number of nitrogens with zero attached hydrogens (tertiary/aromatic N) is 3. The van der Waals surface area contributed by atoms with Crippen molar-refractivity contribution in [3.63, 3.8) is 0 Å². The molecular weight excluding hydrogens is 639 g/mol. The molecule has 0 radical (unpaired) electrons. The van der Waals surface area contributed by atoms with E-state index >= 15 is 0 Å². The van der Waals surface area contributed by atoms with Gasteiger partial charge in [-0.3, -0.25) is 0 Å². The number of fused-ring (bicyclic) bond motifs is 7. The average Bonchev–Trinajstić information content (AvgIpc) is 3.60. The van der Waals surface area contributed by atoms with Crippen molar-refractivity contribution < 1.29 is 0 Å². The Kier molecular flexibility index (Phi) is 7.00. The quantitative estimate of drug-likeness (QED) is 0.171. The molecule has 0 amide bonds. The maximum absolute atomic E-state index is 5.30. The van der Waals surface area contributed by atoms with Crippen LogP contribution in [-0.4, -0.2) is 15.0 Å². The molecule has 0 spiro atoms. The minimum atomic E-state index is 0.641. The van der Waals surface area contributed by atoms with Crippen molar-refractivity contribution in [2.24, 2.45) is 0 Å². The lowest BCUT2D eigenvalue weighted by molar-refractivity contribution is 1.08. The second-order valence-corrected chi connectivity index (χ2v) is 13.9. The van der Waals surface area contributed by atoms with E-state index in [1.807, 2.05) is 29.5 Å². The van der Waals surface area contributed by atoms with Crippen molar-refractivity contribution in [2.45, 2.75) is 0 Å². The SMILES string of the molecule is c1ccc(-c2cc(-c3ccccc3)cc(-c3nc(-c4ccccc4)nc(-c4cccc5sc6c(ccc7ccc8ccccc8c76)c45)n3)c2)cc1. The largest absolute Gasteiger partial charge is 0.208 e. The number of benzene rings is 8. The second kappa shape index (κ2) is 12.1. The van der Waals surface area contributed by atoms with Gasteiger partial charge in [0.15, 0.2) is 17.5 Å². The Labute approximate surface area is 299 Å². The summed E-state index contributed by atoms with van der Waals surface area (Å²) in [7, 11) is 0. The first-order valence-electron chi connectivity index (χ1n) is 17.1. The lowest BCUT2D eigenvalue weighted by atomic mass is 9.95. The molecule has 2 aromatic heterocycles. The summed E-state index contributed by atoms with van der Waals surface area (Å²) in [5, 5.41) is 7.45. The molecule has 51 heavy (non-hydrogen) atoms. The Morgan fingerprint density at radius 1 is 0.333 bits per heavy atom. The van der Waals surface area contributed by atoms with Gasteiger partial charge in [0.1, 0.15) is 0 Å². The summed E-state index contributed by atoms with van der Waals surface area (Å²) in [4.78, 5) is 15.6. The normalized spacial score (nSPS) is 11.5. The first-order valence-corrected chi connectivity index (χ1v) is 17.9. The maximum atomic E-state index is 5.30. The first kappa shape index (κ1) is 29.4. The van der Waals surface area contributed by atoms with Crippen LogP contribution in [0.25, 0.3) is 98.1 Å². The van der Waals surface area contributed by atoms with Gasteiger partial charge in [0, 0.05) is 42.2 Å². The van der Waals surface area contributed by atoms with Gasteiger partial charge in [-0.2, -0.15) is 0 Å². The first-order chi connectivity index (χ1) is 25.3. The fourth-order valence-electron chi connectivity index (χ4n) is 7.25. The molecule has 0 unspecified atom stereocenters. The van der Waals surface area contributed by atoms with Crippen molar-refractivity contribution in [2.75, 3.05) is 0 Å². The summed E-state index contributed by atoms with van der Waals surface area (Å²) in [5.41, 5.74) is 7.40. The zero-order valence-electron chi connectivity index (χ0n) is 27.5. The van der Waals surface area contributed by atoms with E-state index in [-0.39, 0.29) is 0 Å². The van der Waals surface area contributed by atoms with E-state index in [9.17, 15) is 0 Å². The Morgan fingerprint density at radius 3 is 1.59 bits per heavy atom. The van der Waals surface area contributed by atoms with E-state index < -0.39 is 0 Å². The van der Waals surface area contributed by atoms with Crippen LogP contribution >= 0.6 is 11.3 Å². The number of thiophene rings is 1. The van der Waals surface area contributed by atoms with Crippen LogP contribution in [0.4, 0.5) is 0 Å². The molecule has 0 atom stereocenters. The predicted molar refractivity (Wildman–Crippen MR) is 215 cm³/mol. The molecule has 0 fully saturated rings. The molecule has 238 valence electrons. The molecule has 3 nitrogen and oxygen atoms in total. The van der Waals surface area contributed by atoms with Crippen LogP contribution in [0, 0.1) is 0 Å². The third kappa shape index (κ3) is 5.16.